The number of halogens is 1. The third-order valence-electron chi connectivity index (χ3n) is 4.06. The molecule has 0 aliphatic carbocycles. The van der Waals surface area contributed by atoms with Crippen LogP contribution in [0.15, 0.2) is 12.1 Å². The molecule has 1 aromatic rings. The van der Waals surface area contributed by atoms with Crippen LogP contribution in [0.2, 0.25) is 5.15 Å². The summed E-state index contributed by atoms with van der Waals surface area (Å²) in [4.78, 5) is 29.6. The van der Waals surface area contributed by atoms with Crippen molar-refractivity contribution in [2.75, 3.05) is 11.4 Å². The number of nitrogens with one attached hydrogen (secondary N) is 1. The molecule has 0 radical (unpaired) electrons. The van der Waals surface area contributed by atoms with E-state index in [1.807, 2.05) is 39.8 Å². The van der Waals surface area contributed by atoms with Gasteiger partial charge in [-0.05, 0) is 71.1 Å². The summed E-state index contributed by atoms with van der Waals surface area (Å²) in [6.07, 6.45) is 3.53. The van der Waals surface area contributed by atoms with Crippen LogP contribution in [0.4, 0.5) is 10.6 Å². The Kier molecular flexibility index (Phi) is 6.87. The number of nitrogens with zero attached hydrogens (tertiary/aromatic N) is 2. The van der Waals surface area contributed by atoms with E-state index in [2.05, 4.69) is 10.3 Å². The standard InChI is InChI=1S/C19H28ClN3O3/c1-13(21-18(25)26-19(2,3)4)7-5-8-14-11-15(20)22-16(12-14)23-10-6-9-17(23)24/h11-13H,5-10H2,1-4H3,(H,21,25). The number of rotatable bonds is 6. The molecule has 1 aliphatic heterocycles. The summed E-state index contributed by atoms with van der Waals surface area (Å²) in [5.74, 6) is 0.732. The van der Waals surface area contributed by atoms with Gasteiger partial charge in [0.1, 0.15) is 16.6 Å². The maximum absolute atomic E-state index is 11.9. The van der Waals surface area contributed by atoms with E-state index < -0.39 is 11.7 Å². The van der Waals surface area contributed by atoms with E-state index in [0.29, 0.717) is 23.9 Å². The summed E-state index contributed by atoms with van der Waals surface area (Å²) in [5, 5.41) is 3.24. The number of pyridine rings is 1. The van der Waals surface area contributed by atoms with E-state index in [1.54, 1.807) is 4.90 Å². The van der Waals surface area contributed by atoms with Crippen LogP contribution in [0, 0.1) is 0 Å². The molecule has 0 bridgehead atoms. The van der Waals surface area contributed by atoms with E-state index in [4.69, 9.17) is 16.3 Å². The quantitative estimate of drug-likeness (QED) is 0.753. The molecule has 2 rings (SSSR count). The van der Waals surface area contributed by atoms with Gasteiger partial charge in [0.2, 0.25) is 5.91 Å². The van der Waals surface area contributed by atoms with Crippen molar-refractivity contribution in [2.45, 2.75) is 71.4 Å². The number of amides is 2. The maximum Gasteiger partial charge on any atom is 0.407 e. The Bertz CT molecular complexity index is 658. The fraction of sp³-hybridized carbons (Fsp3) is 0.632. The topological polar surface area (TPSA) is 71.5 Å². The molecule has 1 unspecified atom stereocenters. The molecule has 6 nitrogen and oxygen atoms in total. The van der Waals surface area contributed by atoms with E-state index in [9.17, 15) is 9.59 Å². The van der Waals surface area contributed by atoms with Crippen LogP contribution in [0.3, 0.4) is 0 Å². The Labute approximate surface area is 160 Å². The summed E-state index contributed by atoms with van der Waals surface area (Å²) in [6, 6.07) is 3.78. The first kappa shape index (κ1) is 20.5. The highest BCUT2D eigenvalue weighted by molar-refractivity contribution is 6.29. The number of aromatic nitrogens is 1. The molecule has 7 heteroatoms. The number of hydrogen-bond donors (Lipinski definition) is 1. The first-order chi connectivity index (χ1) is 12.1. The van der Waals surface area contributed by atoms with Crippen molar-refractivity contribution in [3.05, 3.63) is 22.8 Å². The van der Waals surface area contributed by atoms with Gasteiger partial charge in [0, 0.05) is 19.0 Å². The molecular formula is C19H28ClN3O3. The molecule has 26 heavy (non-hydrogen) atoms. The minimum atomic E-state index is -0.499. The van der Waals surface area contributed by atoms with Gasteiger partial charge in [0.25, 0.3) is 0 Å². The van der Waals surface area contributed by atoms with Crippen molar-refractivity contribution in [1.82, 2.24) is 10.3 Å². The average Bonchev–Trinajstić information content (AvgIpc) is 2.90. The van der Waals surface area contributed by atoms with Gasteiger partial charge in [0.15, 0.2) is 0 Å². The average molecular weight is 382 g/mol. The summed E-state index contributed by atoms with van der Waals surface area (Å²) in [6.45, 7) is 8.17. The molecule has 1 aliphatic rings. The highest BCUT2D eigenvalue weighted by Crippen LogP contribution is 2.24. The Morgan fingerprint density at radius 2 is 2.15 bits per heavy atom. The molecule has 1 saturated heterocycles. The minimum absolute atomic E-state index is 0.0155. The second-order valence-corrected chi connectivity index (χ2v) is 8.13. The number of hydrogen-bond acceptors (Lipinski definition) is 4. The minimum Gasteiger partial charge on any atom is -0.444 e. The van der Waals surface area contributed by atoms with Gasteiger partial charge in [-0.1, -0.05) is 11.6 Å². The molecule has 0 saturated carbocycles. The largest absolute Gasteiger partial charge is 0.444 e. The number of anilines is 1. The lowest BCUT2D eigenvalue weighted by molar-refractivity contribution is -0.117. The predicted octanol–water partition coefficient (Wildman–Crippen LogP) is 4.10. The Morgan fingerprint density at radius 1 is 1.42 bits per heavy atom. The lowest BCUT2D eigenvalue weighted by Gasteiger charge is -2.22. The second-order valence-electron chi connectivity index (χ2n) is 7.74. The summed E-state index contributed by atoms with van der Waals surface area (Å²) >= 11 is 6.13. The van der Waals surface area contributed by atoms with Crippen LogP contribution in [-0.2, 0) is 16.0 Å². The molecular weight excluding hydrogens is 354 g/mol. The molecule has 2 amide bonds. The van der Waals surface area contributed by atoms with Crippen molar-refractivity contribution in [3.63, 3.8) is 0 Å². The van der Waals surface area contributed by atoms with Crippen LogP contribution in [-0.4, -0.2) is 35.2 Å². The molecule has 144 valence electrons. The number of carbonyl (C=O) groups is 2. The van der Waals surface area contributed by atoms with Crippen LogP contribution in [0.1, 0.15) is 58.9 Å². The van der Waals surface area contributed by atoms with Crippen LogP contribution < -0.4 is 10.2 Å². The molecule has 0 aromatic carbocycles. The van der Waals surface area contributed by atoms with E-state index in [-0.39, 0.29) is 11.9 Å². The molecule has 1 fully saturated rings. The molecule has 1 atom stereocenters. The van der Waals surface area contributed by atoms with Crippen LogP contribution >= 0.6 is 11.6 Å². The zero-order valence-corrected chi connectivity index (χ0v) is 16.7. The fourth-order valence-electron chi connectivity index (χ4n) is 2.90. The van der Waals surface area contributed by atoms with E-state index >= 15 is 0 Å². The lowest BCUT2D eigenvalue weighted by atomic mass is 10.1. The summed E-state index contributed by atoms with van der Waals surface area (Å²) in [5.41, 5.74) is 0.547. The Morgan fingerprint density at radius 3 is 2.77 bits per heavy atom. The van der Waals surface area contributed by atoms with Gasteiger partial charge in [-0.25, -0.2) is 9.78 Å². The number of aryl methyl sites for hydroxylation is 1. The first-order valence-corrected chi connectivity index (χ1v) is 9.48. The molecule has 0 spiro atoms. The smallest absolute Gasteiger partial charge is 0.407 e. The zero-order valence-electron chi connectivity index (χ0n) is 16.0. The molecule has 2 heterocycles. The molecule has 1 N–H and O–H groups in total. The fourth-order valence-corrected chi connectivity index (χ4v) is 3.13. The van der Waals surface area contributed by atoms with Crippen molar-refractivity contribution in [2.24, 2.45) is 0 Å². The highest BCUT2D eigenvalue weighted by atomic mass is 35.5. The zero-order chi connectivity index (χ0) is 19.3. The summed E-state index contributed by atoms with van der Waals surface area (Å²) in [7, 11) is 0. The van der Waals surface area contributed by atoms with Crippen LogP contribution in [0.5, 0.6) is 0 Å². The normalized spacial score (nSPS) is 15.9. The lowest BCUT2D eigenvalue weighted by Crippen LogP contribution is -2.37. The van der Waals surface area contributed by atoms with Gasteiger partial charge in [-0.15, -0.1) is 0 Å². The van der Waals surface area contributed by atoms with Gasteiger partial charge in [0.05, 0.1) is 0 Å². The van der Waals surface area contributed by atoms with E-state index in [1.165, 1.54) is 0 Å². The Balaban J connectivity index is 1.84. The van der Waals surface area contributed by atoms with Crippen molar-refractivity contribution in [3.8, 4) is 0 Å². The number of alkyl carbamates (subject to hydrolysis) is 1. The third kappa shape index (κ3) is 6.48. The monoisotopic (exact) mass is 381 g/mol. The van der Waals surface area contributed by atoms with Gasteiger partial charge >= 0.3 is 6.09 Å². The number of carbonyl (C=O) groups excluding carboxylic acids is 2. The second kappa shape index (κ2) is 8.71. The Hall–Kier alpha value is -1.82. The molecule has 1 aromatic heterocycles. The third-order valence-corrected chi connectivity index (χ3v) is 4.25. The van der Waals surface area contributed by atoms with Gasteiger partial charge < -0.3 is 10.1 Å². The summed E-state index contributed by atoms with van der Waals surface area (Å²) < 4.78 is 5.26. The van der Waals surface area contributed by atoms with Gasteiger partial charge in [-0.3, -0.25) is 9.69 Å². The van der Waals surface area contributed by atoms with Crippen molar-refractivity contribution >= 4 is 29.4 Å². The maximum atomic E-state index is 11.9. The van der Waals surface area contributed by atoms with Gasteiger partial charge in [-0.2, -0.15) is 0 Å². The number of ether oxygens (including phenoxy) is 1. The van der Waals surface area contributed by atoms with E-state index in [0.717, 1.165) is 31.2 Å². The predicted molar refractivity (Wildman–Crippen MR) is 103 cm³/mol. The van der Waals surface area contributed by atoms with Crippen molar-refractivity contribution in [1.29, 1.82) is 0 Å². The van der Waals surface area contributed by atoms with Crippen LogP contribution in [0.25, 0.3) is 0 Å². The first-order valence-electron chi connectivity index (χ1n) is 9.10. The van der Waals surface area contributed by atoms with Crippen molar-refractivity contribution < 1.29 is 14.3 Å². The highest BCUT2D eigenvalue weighted by Gasteiger charge is 2.23. The SMILES string of the molecule is CC(CCCc1cc(Cl)nc(N2CCCC2=O)c1)NC(=O)OC(C)(C)C.